The third-order valence-corrected chi connectivity index (χ3v) is 4.31. The van der Waals surface area contributed by atoms with Crippen LogP contribution in [-0.2, 0) is 13.0 Å². The Hall–Kier alpha value is -2.03. The molecule has 2 nitrogen and oxygen atoms in total. The average Bonchev–Trinajstić information content (AvgIpc) is 2.60. The van der Waals surface area contributed by atoms with Crippen LogP contribution in [-0.4, -0.2) is 13.7 Å². The molecule has 0 amide bonds. The van der Waals surface area contributed by atoms with Crippen LogP contribution in [0.25, 0.3) is 10.8 Å². The maximum absolute atomic E-state index is 6.05. The van der Waals surface area contributed by atoms with Crippen molar-refractivity contribution in [1.29, 1.82) is 0 Å². The summed E-state index contributed by atoms with van der Waals surface area (Å²) in [6.07, 6.45) is 0.943. The van der Waals surface area contributed by atoms with Gasteiger partial charge in [-0.2, -0.15) is 0 Å². The fourth-order valence-electron chi connectivity index (χ4n) is 2.76. The maximum atomic E-state index is 6.05. The minimum atomic E-state index is 0.653. The van der Waals surface area contributed by atoms with Gasteiger partial charge in [0.1, 0.15) is 5.75 Å². The van der Waals surface area contributed by atoms with Crippen LogP contribution in [0.2, 0.25) is 5.02 Å². The van der Waals surface area contributed by atoms with E-state index in [2.05, 4.69) is 47.8 Å². The molecule has 0 fully saturated rings. The first kappa shape index (κ1) is 15.9. The van der Waals surface area contributed by atoms with E-state index in [4.69, 9.17) is 16.3 Å². The average molecular weight is 326 g/mol. The van der Waals surface area contributed by atoms with Crippen LogP contribution in [0.4, 0.5) is 0 Å². The fraction of sp³-hybridized carbons (Fsp3) is 0.200. The van der Waals surface area contributed by atoms with Crippen LogP contribution < -0.4 is 10.1 Å². The summed E-state index contributed by atoms with van der Waals surface area (Å²) in [5.74, 6) is 0.734. The van der Waals surface area contributed by atoms with Gasteiger partial charge in [-0.15, -0.1) is 0 Å². The van der Waals surface area contributed by atoms with Gasteiger partial charge in [0.25, 0.3) is 0 Å². The van der Waals surface area contributed by atoms with Crippen molar-refractivity contribution in [3.05, 3.63) is 76.8 Å². The molecule has 23 heavy (non-hydrogen) atoms. The van der Waals surface area contributed by atoms with E-state index >= 15 is 0 Å². The van der Waals surface area contributed by atoms with Gasteiger partial charge >= 0.3 is 0 Å². The zero-order valence-electron chi connectivity index (χ0n) is 13.2. The highest BCUT2D eigenvalue weighted by atomic mass is 35.5. The first-order chi connectivity index (χ1) is 11.3. The van der Waals surface area contributed by atoms with Gasteiger partial charge in [0, 0.05) is 6.54 Å². The van der Waals surface area contributed by atoms with E-state index in [1.165, 1.54) is 21.9 Å². The molecule has 0 aliphatic heterocycles. The molecule has 3 heteroatoms. The van der Waals surface area contributed by atoms with E-state index in [1.54, 1.807) is 7.11 Å². The molecule has 0 spiro atoms. The van der Waals surface area contributed by atoms with Gasteiger partial charge in [0.05, 0.1) is 12.1 Å². The van der Waals surface area contributed by atoms with Gasteiger partial charge in [-0.1, -0.05) is 60.1 Å². The van der Waals surface area contributed by atoms with Gasteiger partial charge in [0.15, 0.2) is 0 Å². The van der Waals surface area contributed by atoms with Gasteiger partial charge in [0.2, 0.25) is 0 Å². The Morgan fingerprint density at radius 1 is 1.00 bits per heavy atom. The normalized spacial score (nSPS) is 10.9. The Morgan fingerprint density at radius 3 is 2.70 bits per heavy atom. The highest BCUT2D eigenvalue weighted by molar-refractivity contribution is 6.32. The molecule has 0 unspecified atom stereocenters. The van der Waals surface area contributed by atoms with Crippen LogP contribution in [0.3, 0.4) is 0 Å². The van der Waals surface area contributed by atoms with Crippen LogP contribution in [0.15, 0.2) is 60.7 Å². The zero-order chi connectivity index (χ0) is 16.1. The monoisotopic (exact) mass is 325 g/mol. The number of rotatable bonds is 6. The summed E-state index contributed by atoms with van der Waals surface area (Å²) >= 11 is 6.05. The standard InChI is InChI=1S/C20H20ClNO/c1-23-20-13-15(9-10-19(20)21)11-12-22-14-17-7-4-6-16-5-2-3-8-18(16)17/h2-10,13,22H,11-12,14H2,1H3. The number of fused-ring (bicyclic) bond motifs is 1. The van der Waals surface area contributed by atoms with Crippen molar-refractivity contribution in [2.45, 2.75) is 13.0 Å². The largest absolute Gasteiger partial charge is 0.495 e. The molecule has 0 saturated heterocycles. The van der Waals surface area contributed by atoms with Gasteiger partial charge < -0.3 is 10.1 Å². The third-order valence-electron chi connectivity index (χ3n) is 4.00. The minimum absolute atomic E-state index is 0.653. The first-order valence-electron chi connectivity index (χ1n) is 7.77. The van der Waals surface area contributed by atoms with Crippen molar-refractivity contribution in [1.82, 2.24) is 5.32 Å². The van der Waals surface area contributed by atoms with Gasteiger partial charge in [-0.3, -0.25) is 0 Å². The van der Waals surface area contributed by atoms with Crippen molar-refractivity contribution < 1.29 is 4.74 Å². The molecule has 0 aliphatic rings. The number of methoxy groups -OCH3 is 1. The van der Waals surface area contributed by atoms with Crippen LogP contribution in [0.1, 0.15) is 11.1 Å². The van der Waals surface area contributed by atoms with Gasteiger partial charge in [-0.25, -0.2) is 0 Å². The van der Waals surface area contributed by atoms with Crippen molar-refractivity contribution in [3.63, 3.8) is 0 Å². The predicted octanol–water partition coefficient (Wildman–Crippen LogP) is 4.83. The lowest BCUT2D eigenvalue weighted by molar-refractivity contribution is 0.414. The summed E-state index contributed by atoms with van der Waals surface area (Å²) in [5.41, 5.74) is 2.55. The van der Waals surface area contributed by atoms with Crippen LogP contribution >= 0.6 is 11.6 Å². The Balaban J connectivity index is 1.59. The second-order valence-electron chi connectivity index (χ2n) is 5.53. The molecular formula is C20H20ClNO. The Bertz CT molecular complexity index is 795. The van der Waals surface area contributed by atoms with E-state index in [0.29, 0.717) is 5.02 Å². The molecule has 0 heterocycles. The summed E-state index contributed by atoms with van der Waals surface area (Å²) in [7, 11) is 1.64. The van der Waals surface area contributed by atoms with E-state index in [9.17, 15) is 0 Å². The van der Waals surface area contributed by atoms with Gasteiger partial charge in [-0.05, 0) is 47.0 Å². The topological polar surface area (TPSA) is 21.3 Å². The third kappa shape index (κ3) is 3.84. The van der Waals surface area contributed by atoms with Crippen molar-refractivity contribution >= 4 is 22.4 Å². The molecule has 0 aromatic heterocycles. The highest BCUT2D eigenvalue weighted by Crippen LogP contribution is 2.25. The fourth-order valence-corrected chi connectivity index (χ4v) is 2.96. The van der Waals surface area contributed by atoms with E-state index in [-0.39, 0.29) is 0 Å². The number of halogens is 1. The van der Waals surface area contributed by atoms with Crippen molar-refractivity contribution in [3.8, 4) is 5.75 Å². The molecule has 0 bridgehead atoms. The summed E-state index contributed by atoms with van der Waals surface area (Å²) in [5, 5.41) is 6.78. The molecule has 3 aromatic rings. The van der Waals surface area contributed by atoms with Crippen molar-refractivity contribution in [2.75, 3.05) is 13.7 Å². The Morgan fingerprint density at radius 2 is 1.83 bits per heavy atom. The zero-order valence-corrected chi connectivity index (χ0v) is 13.9. The smallest absolute Gasteiger partial charge is 0.137 e. The minimum Gasteiger partial charge on any atom is -0.495 e. The van der Waals surface area contributed by atoms with E-state index < -0.39 is 0 Å². The molecule has 118 valence electrons. The molecule has 3 rings (SSSR count). The van der Waals surface area contributed by atoms with E-state index in [1.807, 2.05) is 18.2 Å². The highest BCUT2D eigenvalue weighted by Gasteiger charge is 2.03. The quantitative estimate of drug-likeness (QED) is 0.655. The second kappa shape index (κ2) is 7.49. The lowest BCUT2D eigenvalue weighted by Gasteiger charge is -2.09. The SMILES string of the molecule is COc1cc(CCNCc2cccc3ccccc23)ccc1Cl. The summed E-state index contributed by atoms with van der Waals surface area (Å²) in [6, 6.07) is 20.9. The number of hydrogen-bond acceptors (Lipinski definition) is 2. The summed E-state index contributed by atoms with van der Waals surface area (Å²) in [6.45, 7) is 1.78. The lowest BCUT2D eigenvalue weighted by Crippen LogP contribution is -2.16. The summed E-state index contributed by atoms with van der Waals surface area (Å²) < 4.78 is 5.26. The second-order valence-corrected chi connectivity index (χ2v) is 5.94. The Kier molecular flexibility index (Phi) is 5.16. The van der Waals surface area contributed by atoms with Crippen LogP contribution in [0, 0.1) is 0 Å². The maximum Gasteiger partial charge on any atom is 0.137 e. The lowest BCUT2D eigenvalue weighted by atomic mass is 10.0. The molecule has 1 N–H and O–H groups in total. The predicted molar refractivity (Wildman–Crippen MR) is 97.4 cm³/mol. The molecule has 0 aliphatic carbocycles. The van der Waals surface area contributed by atoms with Crippen molar-refractivity contribution in [2.24, 2.45) is 0 Å². The van der Waals surface area contributed by atoms with E-state index in [0.717, 1.165) is 25.3 Å². The number of benzene rings is 3. The molecule has 0 atom stereocenters. The molecular weight excluding hydrogens is 306 g/mol. The molecule has 0 radical (unpaired) electrons. The number of hydrogen-bond donors (Lipinski definition) is 1. The number of nitrogens with one attached hydrogen (secondary N) is 1. The number of ether oxygens (including phenoxy) is 1. The summed E-state index contributed by atoms with van der Waals surface area (Å²) in [4.78, 5) is 0. The first-order valence-corrected chi connectivity index (χ1v) is 8.15. The van der Waals surface area contributed by atoms with Crippen LogP contribution in [0.5, 0.6) is 5.75 Å². The Labute approximate surface area is 142 Å². The molecule has 0 saturated carbocycles. The molecule has 3 aromatic carbocycles.